The van der Waals surface area contributed by atoms with E-state index in [1.807, 2.05) is 0 Å². The van der Waals surface area contributed by atoms with Crippen molar-refractivity contribution >= 4 is 22.7 Å². The summed E-state index contributed by atoms with van der Waals surface area (Å²) >= 11 is -1.85. The highest BCUT2D eigenvalue weighted by atomic mass is 32.2. The second-order valence-electron chi connectivity index (χ2n) is 4.26. The summed E-state index contributed by atoms with van der Waals surface area (Å²) in [6.45, 7) is 1.98. The molecule has 1 amide bonds. The number of benzene rings is 1. The molecule has 0 aliphatic rings. The lowest BCUT2D eigenvalue weighted by Crippen LogP contribution is -2.23. The van der Waals surface area contributed by atoms with Crippen LogP contribution in [0.5, 0.6) is 11.5 Å². The molecule has 1 aromatic rings. The molecule has 0 aliphatic carbocycles. The van der Waals surface area contributed by atoms with Crippen LogP contribution in [0.2, 0.25) is 0 Å². The molecule has 0 spiro atoms. The number of rotatable bonds is 6. The predicted octanol–water partition coefficient (Wildman–Crippen LogP) is 0.392. The third kappa shape index (κ3) is 4.48. The van der Waals surface area contributed by atoms with Crippen molar-refractivity contribution in [1.29, 1.82) is 0 Å². The Hall–Kier alpha value is -1.64. The zero-order chi connectivity index (χ0) is 15.3. The van der Waals surface area contributed by atoms with Crippen molar-refractivity contribution in [2.45, 2.75) is 13.5 Å². The number of amides is 1. The van der Waals surface area contributed by atoms with Gasteiger partial charge in [-0.15, -0.1) is 0 Å². The van der Waals surface area contributed by atoms with Crippen LogP contribution < -0.4 is 10.2 Å². The number of phenolic OH excluding ortho intramolecular Hbond substituents is 2. The first kappa shape index (κ1) is 16.4. The summed E-state index contributed by atoms with van der Waals surface area (Å²) < 4.78 is 19.1. The van der Waals surface area contributed by atoms with E-state index in [0.29, 0.717) is 18.7 Å². The van der Waals surface area contributed by atoms with Crippen LogP contribution in [0.1, 0.15) is 12.5 Å². The van der Waals surface area contributed by atoms with Crippen LogP contribution in [0.3, 0.4) is 0 Å². The lowest BCUT2D eigenvalue weighted by Gasteiger charge is -2.18. The fraction of sp³-hybridized carbons (Fsp3) is 0.417. The van der Waals surface area contributed by atoms with Gasteiger partial charge in [0.15, 0.2) is 11.1 Å². The number of carbonyl (C=O) groups is 1. The first-order valence-electron chi connectivity index (χ1n) is 5.90. The monoisotopic (exact) mass is 302 g/mol. The van der Waals surface area contributed by atoms with E-state index in [1.54, 1.807) is 0 Å². The van der Waals surface area contributed by atoms with E-state index in [0.717, 1.165) is 4.90 Å². The Morgan fingerprint density at radius 2 is 1.90 bits per heavy atom. The van der Waals surface area contributed by atoms with Gasteiger partial charge >= 0.3 is 0 Å². The van der Waals surface area contributed by atoms with Crippen molar-refractivity contribution in [3.63, 3.8) is 0 Å². The summed E-state index contributed by atoms with van der Waals surface area (Å²) in [5.41, 5.74) is 0.655. The third-order valence-electron chi connectivity index (χ3n) is 2.72. The molecule has 0 aliphatic heterocycles. The molecule has 0 aromatic heterocycles. The third-order valence-corrected chi connectivity index (χ3v) is 3.27. The summed E-state index contributed by atoms with van der Waals surface area (Å²) in [5, 5.41) is 22.6. The van der Waals surface area contributed by atoms with Crippen molar-refractivity contribution in [2.75, 3.05) is 24.2 Å². The molecule has 0 bridgehead atoms. The molecule has 7 nitrogen and oxygen atoms in total. The zero-order valence-corrected chi connectivity index (χ0v) is 12.1. The van der Waals surface area contributed by atoms with Gasteiger partial charge in [-0.1, -0.05) is 0 Å². The highest BCUT2D eigenvalue weighted by molar-refractivity contribution is 7.79. The van der Waals surface area contributed by atoms with Gasteiger partial charge in [-0.3, -0.25) is 4.79 Å². The van der Waals surface area contributed by atoms with Gasteiger partial charge in [-0.05, 0) is 17.7 Å². The molecule has 1 atom stereocenters. The molecule has 0 saturated carbocycles. The summed E-state index contributed by atoms with van der Waals surface area (Å²) in [4.78, 5) is 12.4. The summed E-state index contributed by atoms with van der Waals surface area (Å²) in [6.07, 6.45) is 0. The van der Waals surface area contributed by atoms with E-state index in [-0.39, 0.29) is 28.8 Å². The Balaban J connectivity index is 2.78. The molecule has 0 fully saturated rings. The molecule has 4 N–H and O–H groups in total. The maximum Gasteiger partial charge on any atom is 0.223 e. The maximum absolute atomic E-state index is 11.2. The number of hydrogen-bond donors (Lipinski definition) is 4. The van der Waals surface area contributed by atoms with Crippen molar-refractivity contribution in [3.8, 4) is 11.5 Å². The summed E-state index contributed by atoms with van der Waals surface area (Å²) in [7, 11) is 1.45. The van der Waals surface area contributed by atoms with E-state index in [4.69, 9.17) is 4.55 Å². The number of anilines is 1. The van der Waals surface area contributed by atoms with E-state index >= 15 is 0 Å². The smallest absolute Gasteiger partial charge is 0.223 e. The topological polar surface area (TPSA) is 110 Å². The van der Waals surface area contributed by atoms with Crippen LogP contribution in [0.4, 0.5) is 5.69 Å². The molecule has 0 heterocycles. The number of carbonyl (C=O) groups excluding carboxylic acids is 1. The first-order valence-corrected chi connectivity index (χ1v) is 7.17. The number of aromatic hydroxyl groups is 2. The van der Waals surface area contributed by atoms with Crippen molar-refractivity contribution < 1.29 is 23.8 Å². The lowest BCUT2D eigenvalue weighted by atomic mass is 10.1. The number of phenols is 2. The summed E-state index contributed by atoms with van der Waals surface area (Å²) in [6, 6.07) is 2.86. The molecule has 8 heteroatoms. The molecule has 1 rings (SSSR count). The van der Waals surface area contributed by atoms with Crippen LogP contribution in [-0.2, 0) is 22.4 Å². The highest BCUT2D eigenvalue weighted by Gasteiger charge is 2.16. The average molecular weight is 302 g/mol. The fourth-order valence-corrected chi connectivity index (χ4v) is 1.98. The van der Waals surface area contributed by atoms with Crippen molar-refractivity contribution in [2.24, 2.45) is 0 Å². The van der Waals surface area contributed by atoms with Crippen LogP contribution >= 0.6 is 0 Å². The predicted molar refractivity (Wildman–Crippen MR) is 76.2 cm³/mol. The summed E-state index contributed by atoms with van der Waals surface area (Å²) in [5.74, 6) is -0.620. The lowest BCUT2D eigenvalue weighted by molar-refractivity contribution is -0.116. The minimum atomic E-state index is -1.85. The number of nitrogens with one attached hydrogen (secondary N) is 1. The minimum absolute atomic E-state index is 0.0534. The van der Waals surface area contributed by atoms with Crippen LogP contribution in [0.15, 0.2) is 12.1 Å². The van der Waals surface area contributed by atoms with E-state index in [9.17, 15) is 19.2 Å². The zero-order valence-electron chi connectivity index (χ0n) is 11.3. The average Bonchev–Trinajstić information content (AvgIpc) is 2.33. The van der Waals surface area contributed by atoms with Gasteiger partial charge in [0, 0.05) is 27.1 Å². The first-order chi connectivity index (χ1) is 9.32. The number of nitrogens with zero attached hydrogens (tertiary/aromatic N) is 1. The Morgan fingerprint density at radius 1 is 1.35 bits per heavy atom. The second-order valence-corrected chi connectivity index (χ2v) is 5.31. The van der Waals surface area contributed by atoms with Crippen molar-refractivity contribution in [3.05, 3.63) is 17.7 Å². The Kier molecular flexibility index (Phi) is 5.93. The number of hydrogen-bond acceptors (Lipinski definition) is 5. The van der Waals surface area contributed by atoms with E-state index < -0.39 is 11.1 Å². The van der Waals surface area contributed by atoms with Gasteiger partial charge in [0.25, 0.3) is 0 Å². The molecule has 112 valence electrons. The molecule has 1 unspecified atom stereocenters. The fourth-order valence-electron chi connectivity index (χ4n) is 1.66. The van der Waals surface area contributed by atoms with Crippen LogP contribution in [0.25, 0.3) is 0 Å². The van der Waals surface area contributed by atoms with Gasteiger partial charge in [-0.2, -0.15) is 0 Å². The van der Waals surface area contributed by atoms with Gasteiger partial charge < -0.3 is 25.0 Å². The molecule has 0 radical (unpaired) electrons. The molecule has 1 aromatic carbocycles. The quantitative estimate of drug-likeness (QED) is 0.447. The molecule has 20 heavy (non-hydrogen) atoms. The van der Waals surface area contributed by atoms with Gasteiger partial charge in [0.1, 0.15) is 17.2 Å². The molecular weight excluding hydrogens is 284 g/mol. The Bertz CT molecular complexity index is 498. The van der Waals surface area contributed by atoms with E-state index in [1.165, 1.54) is 26.1 Å². The molecular formula is C12H18N2O5S. The SMILES string of the molecule is CC(=O)N(C)c1c(O)cc(CNCCS(=O)O)cc1O. The van der Waals surface area contributed by atoms with Gasteiger partial charge in [-0.25, -0.2) is 4.21 Å². The van der Waals surface area contributed by atoms with E-state index in [2.05, 4.69) is 5.32 Å². The largest absolute Gasteiger partial charge is 0.506 e. The highest BCUT2D eigenvalue weighted by Crippen LogP contribution is 2.37. The Labute approximate surface area is 119 Å². The molecule has 0 saturated heterocycles. The maximum atomic E-state index is 11.2. The van der Waals surface area contributed by atoms with Crippen LogP contribution in [-0.4, -0.2) is 44.2 Å². The minimum Gasteiger partial charge on any atom is -0.506 e. The normalized spacial score (nSPS) is 12.2. The standard InChI is InChI=1S/C12H18N2O5S/c1-8(15)14(2)12-10(16)5-9(6-11(12)17)7-13-3-4-20(18)19/h5-6,13,16-17H,3-4,7H2,1-2H3,(H,18,19). The van der Waals surface area contributed by atoms with Gasteiger partial charge in [0.05, 0.1) is 5.75 Å². The van der Waals surface area contributed by atoms with Gasteiger partial charge in [0.2, 0.25) is 5.91 Å². The second kappa shape index (κ2) is 7.22. The van der Waals surface area contributed by atoms with Crippen molar-refractivity contribution in [1.82, 2.24) is 5.32 Å². The Morgan fingerprint density at radius 3 is 2.35 bits per heavy atom. The van der Waals surface area contributed by atoms with Crippen LogP contribution in [0, 0.1) is 0 Å².